The van der Waals surface area contributed by atoms with Gasteiger partial charge in [-0.1, -0.05) is 24.3 Å². The Morgan fingerprint density at radius 1 is 0.682 bits per heavy atom. The summed E-state index contributed by atoms with van der Waals surface area (Å²) >= 11 is 0. The second-order valence-corrected chi connectivity index (χ2v) is 4.47. The molecule has 112 valence electrons. The predicted molar refractivity (Wildman–Crippen MR) is 79.0 cm³/mol. The van der Waals surface area contributed by atoms with E-state index in [9.17, 15) is 14.4 Å². The van der Waals surface area contributed by atoms with Gasteiger partial charge in [0.05, 0.1) is 25.3 Å². The summed E-state index contributed by atoms with van der Waals surface area (Å²) in [6.45, 7) is 0. The zero-order valence-electron chi connectivity index (χ0n) is 12.2. The van der Waals surface area contributed by atoms with Crippen molar-refractivity contribution >= 4 is 17.7 Å². The van der Waals surface area contributed by atoms with Crippen LogP contribution in [0.15, 0.2) is 48.5 Å². The molecule has 0 aliphatic carbocycles. The first-order chi connectivity index (χ1) is 10.6. The molecule has 0 saturated heterocycles. The van der Waals surface area contributed by atoms with Crippen molar-refractivity contribution in [1.82, 2.24) is 0 Å². The standard InChI is InChI=1S/C17H14O5/c1-21-16(19)13-7-3-5-11(9-13)15(18)12-6-4-8-14(10-12)17(20)22-2/h3-10H,1-2H3. The fourth-order valence-corrected chi connectivity index (χ4v) is 1.98. The molecule has 2 aromatic carbocycles. The van der Waals surface area contributed by atoms with E-state index in [0.29, 0.717) is 11.1 Å². The van der Waals surface area contributed by atoms with Crippen LogP contribution in [0.25, 0.3) is 0 Å². The summed E-state index contributed by atoms with van der Waals surface area (Å²) in [5.41, 5.74) is 1.25. The molecule has 2 aromatic rings. The maximum Gasteiger partial charge on any atom is 0.337 e. The molecule has 5 nitrogen and oxygen atoms in total. The monoisotopic (exact) mass is 298 g/mol. The molecular formula is C17H14O5. The van der Waals surface area contributed by atoms with E-state index in [0.717, 1.165) is 0 Å². The van der Waals surface area contributed by atoms with E-state index in [1.54, 1.807) is 36.4 Å². The second kappa shape index (κ2) is 6.67. The van der Waals surface area contributed by atoms with Crippen molar-refractivity contribution in [3.05, 3.63) is 70.8 Å². The van der Waals surface area contributed by atoms with E-state index in [-0.39, 0.29) is 16.9 Å². The average Bonchev–Trinajstić information content (AvgIpc) is 2.59. The lowest BCUT2D eigenvalue weighted by Gasteiger charge is -2.05. The summed E-state index contributed by atoms with van der Waals surface area (Å²) in [4.78, 5) is 35.5. The molecule has 5 heteroatoms. The molecule has 22 heavy (non-hydrogen) atoms. The Morgan fingerprint density at radius 3 is 1.41 bits per heavy atom. The van der Waals surface area contributed by atoms with E-state index in [1.165, 1.54) is 26.4 Å². The van der Waals surface area contributed by atoms with Gasteiger partial charge in [0, 0.05) is 11.1 Å². The minimum atomic E-state index is -0.516. The maximum atomic E-state index is 12.5. The number of hydrogen-bond acceptors (Lipinski definition) is 5. The molecule has 0 unspecified atom stereocenters. The molecular weight excluding hydrogens is 284 g/mol. The Kier molecular flexibility index (Phi) is 4.68. The number of rotatable bonds is 4. The summed E-state index contributed by atoms with van der Waals surface area (Å²) in [7, 11) is 2.55. The van der Waals surface area contributed by atoms with Gasteiger partial charge in [-0.15, -0.1) is 0 Å². The van der Waals surface area contributed by atoms with Crippen LogP contribution < -0.4 is 0 Å². The van der Waals surface area contributed by atoms with E-state index in [4.69, 9.17) is 0 Å². The van der Waals surface area contributed by atoms with Crippen molar-refractivity contribution in [2.45, 2.75) is 0 Å². The van der Waals surface area contributed by atoms with Crippen molar-refractivity contribution < 1.29 is 23.9 Å². The fourth-order valence-electron chi connectivity index (χ4n) is 1.98. The number of ketones is 1. The highest BCUT2D eigenvalue weighted by Crippen LogP contribution is 2.14. The van der Waals surface area contributed by atoms with E-state index < -0.39 is 11.9 Å². The molecule has 0 amide bonds. The Balaban J connectivity index is 2.36. The topological polar surface area (TPSA) is 69.7 Å². The quantitative estimate of drug-likeness (QED) is 0.640. The lowest BCUT2D eigenvalue weighted by Crippen LogP contribution is -2.07. The van der Waals surface area contributed by atoms with Gasteiger partial charge in [0.25, 0.3) is 0 Å². The van der Waals surface area contributed by atoms with Crippen LogP contribution in [-0.4, -0.2) is 31.9 Å². The molecule has 0 heterocycles. The number of ether oxygens (including phenoxy) is 2. The van der Waals surface area contributed by atoms with E-state index >= 15 is 0 Å². The van der Waals surface area contributed by atoms with Crippen LogP contribution in [0.5, 0.6) is 0 Å². The minimum Gasteiger partial charge on any atom is -0.465 e. The van der Waals surface area contributed by atoms with Crippen molar-refractivity contribution in [2.75, 3.05) is 14.2 Å². The molecule has 0 spiro atoms. The highest BCUT2D eigenvalue weighted by Gasteiger charge is 2.14. The van der Waals surface area contributed by atoms with Gasteiger partial charge in [0.15, 0.2) is 5.78 Å². The summed E-state index contributed by atoms with van der Waals surface area (Å²) < 4.78 is 9.26. The van der Waals surface area contributed by atoms with E-state index in [2.05, 4.69) is 9.47 Å². The third-order valence-electron chi connectivity index (χ3n) is 3.09. The number of hydrogen-bond donors (Lipinski definition) is 0. The van der Waals surface area contributed by atoms with Gasteiger partial charge in [-0.3, -0.25) is 4.79 Å². The first-order valence-corrected chi connectivity index (χ1v) is 6.48. The Hall–Kier alpha value is -2.95. The van der Waals surface area contributed by atoms with Crippen LogP contribution in [0.4, 0.5) is 0 Å². The Bertz CT molecular complexity index is 672. The highest BCUT2D eigenvalue weighted by molar-refractivity contribution is 6.10. The molecule has 0 N–H and O–H groups in total. The van der Waals surface area contributed by atoms with Crippen LogP contribution >= 0.6 is 0 Å². The molecule has 0 aliphatic heterocycles. The van der Waals surface area contributed by atoms with Gasteiger partial charge >= 0.3 is 11.9 Å². The first kappa shape index (κ1) is 15.4. The number of methoxy groups -OCH3 is 2. The van der Waals surface area contributed by atoms with Crippen LogP contribution in [0, 0.1) is 0 Å². The van der Waals surface area contributed by atoms with Crippen molar-refractivity contribution in [1.29, 1.82) is 0 Å². The summed E-state index contributed by atoms with van der Waals surface area (Å²) in [5, 5.41) is 0. The van der Waals surface area contributed by atoms with Crippen molar-refractivity contribution in [2.24, 2.45) is 0 Å². The van der Waals surface area contributed by atoms with Crippen molar-refractivity contribution in [3.63, 3.8) is 0 Å². The molecule has 0 fully saturated rings. The van der Waals surface area contributed by atoms with Gasteiger partial charge in [-0.05, 0) is 24.3 Å². The second-order valence-electron chi connectivity index (χ2n) is 4.47. The molecule has 0 atom stereocenters. The largest absolute Gasteiger partial charge is 0.465 e. The molecule has 0 aromatic heterocycles. The van der Waals surface area contributed by atoms with Gasteiger partial charge in [0.1, 0.15) is 0 Å². The van der Waals surface area contributed by atoms with Crippen molar-refractivity contribution in [3.8, 4) is 0 Å². The lowest BCUT2D eigenvalue weighted by molar-refractivity contribution is 0.0592. The van der Waals surface area contributed by atoms with Crippen LogP contribution in [0.3, 0.4) is 0 Å². The molecule has 2 rings (SSSR count). The third-order valence-corrected chi connectivity index (χ3v) is 3.09. The maximum absolute atomic E-state index is 12.5. The lowest BCUT2D eigenvalue weighted by atomic mass is 10.00. The smallest absolute Gasteiger partial charge is 0.337 e. The number of carbonyl (C=O) groups excluding carboxylic acids is 3. The third kappa shape index (κ3) is 3.20. The summed E-state index contributed by atoms with van der Waals surface area (Å²) in [6, 6.07) is 12.4. The molecule has 0 radical (unpaired) electrons. The van der Waals surface area contributed by atoms with Gasteiger partial charge in [0.2, 0.25) is 0 Å². The SMILES string of the molecule is COC(=O)c1cccc(C(=O)c2cccc(C(=O)OC)c2)c1. The normalized spacial score (nSPS) is 9.91. The first-order valence-electron chi connectivity index (χ1n) is 6.48. The number of esters is 2. The van der Waals surface area contributed by atoms with Gasteiger partial charge < -0.3 is 9.47 Å². The van der Waals surface area contributed by atoms with Crippen LogP contribution in [0.2, 0.25) is 0 Å². The average molecular weight is 298 g/mol. The predicted octanol–water partition coefficient (Wildman–Crippen LogP) is 2.49. The number of benzene rings is 2. The summed E-state index contributed by atoms with van der Waals surface area (Å²) in [6.07, 6.45) is 0. The number of carbonyl (C=O) groups is 3. The molecule has 0 aliphatic rings. The summed E-state index contributed by atoms with van der Waals surface area (Å²) in [5.74, 6) is -1.33. The Morgan fingerprint density at radius 2 is 1.05 bits per heavy atom. The van der Waals surface area contributed by atoms with Crippen LogP contribution in [-0.2, 0) is 9.47 Å². The highest BCUT2D eigenvalue weighted by atomic mass is 16.5. The Labute approximate surface area is 127 Å². The van der Waals surface area contributed by atoms with E-state index in [1.807, 2.05) is 0 Å². The minimum absolute atomic E-state index is 0.289. The fraction of sp³-hybridized carbons (Fsp3) is 0.118. The molecule has 0 bridgehead atoms. The van der Waals surface area contributed by atoms with Crippen LogP contribution in [0.1, 0.15) is 36.6 Å². The zero-order chi connectivity index (χ0) is 16.1. The zero-order valence-corrected chi connectivity index (χ0v) is 12.2. The van der Waals surface area contributed by atoms with Gasteiger partial charge in [-0.2, -0.15) is 0 Å². The van der Waals surface area contributed by atoms with Gasteiger partial charge in [-0.25, -0.2) is 9.59 Å². The molecule has 0 saturated carbocycles.